The average Bonchev–Trinajstić information content (AvgIpc) is 3.67. The van der Waals surface area contributed by atoms with E-state index in [0.29, 0.717) is 38.5 Å². The highest BCUT2D eigenvalue weighted by Crippen LogP contribution is 2.77. The zero-order valence-corrected chi connectivity index (χ0v) is 40.0. The third kappa shape index (κ3) is 7.71. The van der Waals surface area contributed by atoms with Gasteiger partial charge in [0.25, 0.3) is 0 Å². The van der Waals surface area contributed by atoms with Crippen LogP contribution in [0.15, 0.2) is 12.2 Å². The van der Waals surface area contributed by atoms with E-state index < -0.39 is 129 Å². The summed E-state index contributed by atoms with van der Waals surface area (Å²) in [6, 6.07) is 0. The molecule has 0 amide bonds. The third-order valence-electron chi connectivity index (χ3n) is 20.0. The number of carbonyl (C=O) groups is 1. The van der Waals surface area contributed by atoms with Crippen LogP contribution in [-0.4, -0.2) is 168 Å². The van der Waals surface area contributed by atoms with Crippen LogP contribution in [0.4, 0.5) is 0 Å². The van der Waals surface area contributed by atoms with Crippen molar-refractivity contribution in [2.75, 3.05) is 13.2 Å². The number of hydrogen-bond donors (Lipinski definition) is 10. The monoisotopic (exact) mass is 941 g/mol. The highest BCUT2D eigenvalue weighted by atomic mass is 16.8. The first-order valence-corrected chi connectivity index (χ1v) is 24.6. The van der Waals surface area contributed by atoms with Crippen molar-refractivity contribution < 1.29 is 84.3 Å². The summed E-state index contributed by atoms with van der Waals surface area (Å²) in [4.78, 5) is 15.0. The highest BCUT2D eigenvalue weighted by molar-refractivity contribution is 5.78. The van der Waals surface area contributed by atoms with Crippen molar-refractivity contribution in [3.05, 3.63) is 12.2 Å². The van der Waals surface area contributed by atoms with Crippen molar-refractivity contribution in [2.45, 2.75) is 211 Å². The van der Waals surface area contributed by atoms with Crippen molar-refractivity contribution in [1.82, 2.24) is 0 Å². The lowest BCUT2D eigenvalue weighted by molar-refractivity contribution is -0.356. The van der Waals surface area contributed by atoms with Crippen LogP contribution in [0.3, 0.4) is 0 Å². The van der Waals surface area contributed by atoms with Gasteiger partial charge in [-0.3, -0.25) is 4.79 Å². The molecule has 3 heterocycles. The van der Waals surface area contributed by atoms with Crippen LogP contribution in [0.1, 0.15) is 113 Å². The molecule has 8 fully saturated rings. The first kappa shape index (κ1) is 51.0. The fourth-order valence-electron chi connectivity index (χ4n) is 16.0. The Morgan fingerprint density at radius 2 is 1.36 bits per heavy atom. The molecule has 5 saturated carbocycles. The minimum atomic E-state index is -1.84. The molecule has 0 aromatic rings. The van der Waals surface area contributed by atoms with E-state index in [1.54, 1.807) is 6.92 Å². The summed E-state index contributed by atoms with van der Waals surface area (Å²) >= 11 is 0. The topological polar surface area (TPSA) is 275 Å². The van der Waals surface area contributed by atoms with Gasteiger partial charge in [-0.05, 0) is 123 Å². The second kappa shape index (κ2) is 18.0. The molecule has 17 nitrogen and oxygen atoms in total. The SMILES string of the molecule is C=C(C)C1CCC2(C(=O)OC3OC(COC4OC(CO)C(OC5OC(C)C(O)C(O)C5C)C(O)C4O)C(O)C(O)C3O)CCC3(C)C(CC(O)C4C5(C)CCC(O)C(C)(C)C5CCC43C)C12. The van der Waals surface area contributed by atoms with Crippen LogP contribution in [-0.2, 0) is 33.2 Å². The largest absolute Gasteiger partial charge is 0.432 e. The second-order valence-corrected chi connectivity index (χ2v) is 23.5. The predicted octanol–water partition coefficient (Wildman–Crippen LogP) is 1.27. The van der Waals surface area contributed by atoms with Crippen LogP contribution in [0.2, 0.25) is 0 Å². The molecule has 8 aliphatic rings. The fourth-order valence-corrected chi connectivity index (χ4v) is 16.0. The van der Waals surface area contributed by atoms with Crippen LogP contribution in [0.25, 0.3) is 0 Å². The lowest BCUT2D eigenvalue weighted by Crippen LogP contribution is -2.70. The summed E-state index contributed by atoms with van der Waals surface area (Å²) in [5.74, 6) is -1.44. The molecular weight excluding hydrogens is 861 g/mol. The Kier molecular flexibility index (Phi) is 13.9. The van der Waals surface area contributed by atoms with Crippen molar-refractivity contribution in [3.8, 4) is 0 Å². The van der Waals surface area contributed by atoms with E-state index in [1.165, 1.54) is 6.92 Å². The maximum Gasteiger partial charge on any atom is 0.314 e. The van der Waals surface area contributed by atoms with E-state index in [4.69, 9.17) is 28.4 Å². The minimum Gasteiger partial charge on any atom is -0.432 e. The normalized spacial score (nSPS) is 55.7. The molecule has 0 aromatic carbocycles. The van der Waals surface area contributed by atoms with Gasteiger partial charge in [-0.15, -0.1) is 0 Å². The molecule has 3 aliphatic heterocycles. The summed E-state index contributed by atoms with van der Waals surface area (Å²) in [5, 5.41) is 110. The van der Waals surface area contributed by atoms with Crippen molar-refractivity contribution in [3.63, 3.8) is 0 Å². The Balaban J connectivity index is 0.975. The molecule has 0 aromatic heterocycles. The summed E-state index contributed by atoms with van der Waals surface area (Å²) in [5.41, 5.74) is -1.06. The van der Waals surface area contributed by atoms with Gasteiger partial charge in [-0.25, -0.2) is 0 Å². The molecule has 0 radical (unpaired) electrons. The van der Waals surface area contributed by atoms with Gasteiger partial charge >= 0.3 is 5.97 Å². The molecule has 17 heteroatoms. The van der Waals surface area contributed by atoms with Crippen LogP contribution >= 0.6 is 0 Å². The lowest BCUT2D eigenvalue weighted by Gasteiger charge is -2.73. The van der Waals surface area contributed by atoms with Crippen LogP contribution in [0, 0.1) is 62.6 Å². The Labute approximate surface area is 388 Å². The predicted molar refractivity (Wildman–Crippen MR) is 233 cm³/mol. The lowest BCUT2D eigenvalue weighted by atomic mass is 9.31. The minimum absolute atomic E-state index is 0.00108. The van der Waals surface area contributed by atoms with E-state index in [1.807, 2.05) is 6.92 Å². The van der Waals surface area contributed by atoms with Crippen LogP contribution in [0.5, 0.6) is 0 Å². The number of hydrogen-bond acceptors (Lipinski definition) is 17. The zero-order valence-electron chi connectivity index (χ0n) is 40.0. The number of fused-ring (bicyclic) bond motifs is 7. The highest BCUT2D eigenvalue weighted by Gasteiger charge is 2.74. The summed E-state index contributed by atoms with van der Waals surface area (Å²) in [6.45, 7) is 19.7. The fraction of sp³-hybridized carbons (Fsp3) is 0.939. The second-order valence-electron chi connectivity index (χ2n) is 23.5. The van der Waals surface area contributed by atoms with Crippen molar-refractivity contribution in [2.24, 2.45) is 62.6 Å². The molecule has 8 rings (SSSR count). The third-order valence-corrected chi connectivity index (χ3v) is 20.0. The smallest absolute Gasteiger partial charge is 0.314 e. The Morgan fingerprint density at radius 3 is 2.03 bits per heavy atom. The van der Waals surface area contributed by atoms with E-state index in [2.05, 4.69) is 41.2 Å². The molecule has 26 atom stereocenters. The van der Waals surface area contributed by atoms with Gasteiger partial charge < -0.3 is 79.5 Å². The number of rotatable bonds is 9. The first-order valence-electron chi connectivity index (χ1n) is 24.6. The van der Waals surface area contributed by atoms with E-state index in [-0.39, 0.29) is 51.2 Å². The van der Waals surface area contributed by atoms with Gasteiger partial charge in [-0.2, -0.15) is 0 Å². The molecule has 0 spiro atoms. The number of aliphatic hydroxyl groups is 10. The van der Waals surface area contributed by atoms with Crippen LogP contribution < -0.4 is 0 Å². The number of aliphatic hydroxyl groups excluding tert-OH is 10. The zero-order chi connectivity index (χ0) is 48.4. The van der Waals surface area contributed by atoms with Gasteiger partial charge in [0, 0.05) is 5.92 Å². The van der Waals surface area contributed by atoms with Gasteiger partial charge in [0.2, 0.25) is 6.29 Å². The Hall–Kier alpha value is -1.39. The maximum absolute atomic E-state index is 15.0. The molecular formula is C49H80O17. The molecule has 26 unspecified atom stereocenters. The average molecular weight is 941 g/mol. The summed E-state index contributed by atoms with van der Waals surface area (Å²) < 4.78 is 35.4. The van der Waals surface area contributed by atoms with E-state index >= 15 is 0 Å². The summed E-state index contributed by atoms with van der Waals surface area (Å²) in [7, 11) is 0. The first-order chi connectivity index (χ1) is 30.8. The Bertz CT molecular complexity index is 1780. The molecule has 10 N–H and O–H groups in total. The van der Waals surface area contributed by atoms with E-state index in [9.17, 15) is 55.9 Å². The molecule has 5 aliphatic carbocycles. The van der Waals surface area contributed by atoms with Crippen molar-refractivity contribution >= 4 is 5.97 Å². The van der Waals surface area contributed by atoms with E-state index in [0.717, 1.165) is 24.8 Å². The standard InChI is InChI=1S/C49H80O17/c1-21(2)24-10-15-49(17-16-47(8)25(31(24)49)18-26(51)40-46(7)13-12-30(52)45(5,6)29(46)11-14-48(40,47)9)44(60)66-43-37(58)35(56)34(55)28(64-43)20-61-42-38(59)36(57)39(27(19-50)63-42)65-41-22(3)32(53)33(54)23(4)62-41/h22-43,50-59H,1,10-20H2,2-9H3. The molecule has 378 valence electrons. The molecule has 0 bridgehead atoms. The number of ether oxygens (including phenoxy) is 6. The summed E-state index contributed by atoms with van der Waals surface area (Å²) in [6.07, 6.45) is -15.4. The Morgan fingerprint density at radius 1 is 0.697 bits per heavy atom. The van der Waals surface area contributed by atoms with Gasteiger partial charge in [0.15, 0.2) is 12.6 Å². The van der Waals surface area contributed by atoms with Crippen molar-refractivity contribution in [1.29, 1.82) is 0 Å². The van der Waals surface area contributed by atoms with Gasteiger partial charge in [-0.1, -0.05) is 53.7 Å². The quantitative estimate of drug-likeness (QED) is 0.115. The number of carbonyl (C=O) groups excluding carboxylic acids is 1. The van der Waals surface area contributed by atoms with Gasteiger partial charge in [0.1, 0.15) is 54.9 Å². The molecule has 3 saturated heterocycles. The number of esters is 1. The van der Waals surface area contributed by atoms with Gasteiger partial charge in [0.05, 0.1) is 43.0 Å². The maximum atomic E-state index is 15.0. The number of allylic oxidation sites excluding steroid dienone is 1. The molecule has 66 heavy (non-hydrogen) atoms.